The number of amides is 1. The molecule has 0 unspecified atom stereocenters. The van der Waals surface area contributed by atoms with Crippen molar-refractivity contribution in [3.63, 3.8) is 0 Å². The smallest absolute Gasteiger partial charge is 0.254 e. The van der Waals surface area contributed by atoms with Gasteiger partial charge in [-0.2, -0.15) is 0 Å². The van der Waals surface area contributed by atoms with Gasteiger partial charge in [0.1, 0.15) is 0 Å². The van der Waals surface area contributed by atoms with Crippen LogP contribution in [0.5, 0.6) is 0 Å². The van der Waals surface area contributed by atoms with Crippen LogP contribution in [0.15, 0.2) is 78.9 Å². The van der Waals surface area contributed by atoms with Crippen molar-refractivity contribution in [1.29, 1.82) is 0 Å². The summed E-state index contributed by atoms with van der Waals surface area (Å²) in [5, 5.41) is 3.19. The lowest BCUT2D eigenvalue weighted by atomic mass is 9.98. The molecule has 1 aliphatic heterocycles. The number of hydrogen-bond donors (Lipinski definition) is 2. The second kappa shape index (κ2) is 8.97. The van der Waals surface area contributed by atoms with E-state index in [1.165, 1.54) is 0 Å². The van der Waals surface area contributed by atoms with Crippen molar-refractivity contribution >= 4 is 34.6 Å². The molecule has 5 nitrogen and oxygen atoms in total. The number of nitrogens with two attached hydrogens (primary N) is 1. The molecule has 6 heteroatoms. The Hall–Kier alpha value is -3.38. The Morgan fingerprint density at radius 2 is 1.47 bits per heavy atom. The highest BCUT2D eigenvalue weighted by Gasteiger charge is 2.24. The molecule has 0 aliphatic carbocycles. The Morgan fingerprint density at radius 1 is 0.833 bits per heavy atom. The van der Waals surface area contributed by atoms with Crippen LogP contribution in [0.3, 0.4) is 0 Å². The molecule has 3 N–H and O–H groups in total. The number of nitrogens with zero attached hydrogens (tertiary/aromatic N) is 2. The van der Waals surface area contributed by atoms with E-state index in [0.29, 0.717) is 13.1 Å². The maximum atomic E-state index is 13.3. The fraction of sp³-hybridized carbons (Fsp3) is 0.167. The van der Waals surface area contributed by atoms with Gasteiger partial charge in [0.25, 0.3) is 5.91 Å². The molecule has 0 spiro atoms. The minimum atomic E-state index is 0.0881. The summed E-state index contributed by atoms with van der Waals surface area (Å²) >= 11 is 4.87. The molecule has 152 valence electrons. The van der Waals surface area contributed by atoms with Gasteiger partial charge in [0, 0.05) is 43.1 Å². The first-order chi connectivity index (χ1) is 14.6. The molecule has 0 atom stereocenters. The largest absolute Gasteiger partial charge is 0.376 e. The van der Waals surface area contributed by atoms with Gasteiger partial charge in [0.2, 0.25) is 0 Å². The van der Waals surface area contributed by atoms with Gasteiger partial charge in [0.05, 0.1) is 0 Å². The van der Waals surface area contributed by atoms with Crippen molar-refractivity contribution < 1.29 is 4.79 Å². The van der Waals surface area contributed by atoms with Crippen LogP contribution in [0, 0.1) is 0 Å². The quantitative estimate of drug-likeness (QED) is 0.630. The fourth-order valence-corrected chi connectivity index (χ4v) is 3.89. The second-order valence-corrected chi connectivity index (χ2v) is 7.67. The Kier molecular flexibility index (Phi) is 5.95. The third kappa shape index (κ3) is 4.44. The molecular weight excluding hydrogens is 392 g/mol. The van der Waals surface area contributed by atoms with Gasteiger partial charge in [-0.3, -0.25) is 4.79 Å². The molecule has 3 aromatic carbocycles. The minimum absolute atomic E-state index is 0.0881. The summed E-state index contributed by atoms with van der Waals surface area (Å²) in [6, 6.07) is 25.9. The molecule has 1 fully saturated rings. The van der Waals surface area contributed by atoms with Gasteiger partial charge in [-0.05, 0) is 53.7 Å². The highest BCUT2D eigenvalue weighted by atomic mass is 32.1. The van der Waals surface area contributed by atoms with Crippen molar-refractivity contribution in [2.45, 2.75) is 0 Å². The van der Waals surface area contributed by atoms with E-state index in [1.807, 2.05) is 83.8 Å². The van der Waals surface area contributed by atoms with Crippen LogP contribution in [0.2, 0.25) is 0 Å². The lowest BCUT2D eigenvalue weighted by Crippen LogP contribution is -2.48. The van der Waals surface area contributed by atoms with E-state index in [2.05, 4.69) is 10.2 Å². The number of nitrogens with one attached hydrogen (secondary N) is 1. The summed E-state index contributed by atoms with van der Waals surface area (Å²) in [6.07, 6.45) is 0. The summed E-state index contributed by atoms with van der Waals surface area (Å²) in [7, 11) is 0. The number of thiocarbonyl (C=S) groups is 1. The average molecular weight is 417 g/mol. The van der Waals surface area contributed by atoms with Gasteiger partial charge in [-0.25, -0.2) is 0 Å². The lowest BCUT2D eigenvalue weighted by molar-refractivity contribution is 0.0747. The molecule has 1 aliphatic rings. The molecule has 1 amide bonds. The minimum Gasteiger partial charge on any atom is -0.376 e. The molecule has 1 heterocycles. The van der Waals surface area contributed by atoms with Crippen molar-refractivity contribution in [2.24, 2.45) is 5.73 Å². The predicted molar refractivity (Wildman–Crippen MR) is 127 cm³/mol. The van der Waals surface area contributed by atoms with Gasteiger partial charge < -0.3 is 20.9 Å². The maximum Gasteiger partial charge on any atom is 0.254 e. The Bertz CT molecular complexity index is 1030. The van der Waals surface area contributed by atoms with Crippen molar-refractivity contribution in [3.05, 3.63) is 84.4 Å². The number of carbonyl (C=O) groups excluding carboxylic acids is 1. The van der Waals surface area contributed by atoms with Gasteiger partial charge in [-0.15, -0.1) is 0 Å². The van der Waals surface area contributed by atoms with Crippen LogP contribution in [0.25, 0.3) is 11.1 Å². The third-order valence-electron chi connectivity index (χ3n) is 5.31. The zero-order chi connectivity index (χ0) is 20.9. The van der Waals surface area contributed by atoms with Crippen LogP contribution in [-0.2, 0) is 0 Å². The van der Waals surface area contributed by atoms with Crippen molar-refractivity contribution in [3.8, 4) is 11.1 Å². The summed E-state index contributed by atoms with van der Waals surface area (Å²) in [6.45, 7) is 2.96. The van der Waals surface area contributed by atoms with Crippen LogP contribution in [0.1, 0.15) is 10.4 Å². The Labute approximate surface area is 182 Å². The fourth-order valence-electron chi connectivity index (χ4n) is 3.77. The van der Waals surface area contributed by atoms with E-state index in [4.69, 9.17) is 18.0 Å². The summed E-state index contributed by atoms with van der Waals surface area (Å²) in [5.74, 6) is 0.0881. The molecule has 4 rings (SSSR count). The van der Waals surface area contributed by atoms with Gasteiger partial charge in [-0.1, -0.05) is 48.5 Å². The monoisotopic (exact) mass is 416 g/mol. The number of anilines is 2. The van der Waals surface area contributed by atoms with Crippen molar-refractivity contribution in [2.75, 3.05) is 36.4 Å². The van der Waals surface area contributed by atoms with Crippen LogP contribution >= 0.6 is 12.2 Å². The predicted octanol–water partition coefficient (Wildman–Crippen LogP) is 3.97. The van der Waals surface area contributed by atoms with E-state index in [0.717, 1.165) is 41.2 Å². The Balaban J connectivity index is 1.44. The van der Waals surface area contributed by atoms with Gasteiger partial charge >= 0.3 is 0 Å². The molecule has 0 saturated carbocycles. The molecule has 0 bridgehead atoms. The summed E-state index contributed by atoms with van der Waals surface area (Å²) in [4.78, 5) is 17.5. The topological polar surface area (TPSA) is 61.6 Å². The Morgan fingerprint density at radius 3 is 2.13 bits per heavy atom. The SMILES string of the molecule is NC(=S)Nc1ccc(N2CCN(C(=O)c3ccccc3-c3ccccc3)CC2)cc1. The van der Waals surface area contributed by atoms with Gasteiger partial charge in [0.15, 0.2) is 5.11 Å². The lowest BCUT2D eigenvalue weighted by Gasteiger charge is -2.36. The van der Waals surface area contributed by atoms with E-state index >= 15 is 0 Å². The number of piperazine rings is 1. The first-order valence-corrected chi connectivity index (χ1v) is 10.4. The zero-order valence-corrected chi connectivity index (χ0v) is 17.4. The third-order valence-corrected chi connectivity index (χ3v) is 5.41. The molecule has 1 saturated heterocycles. The standard InChI is InChI=1S/C24H24N4OS/c25-24(30)26-19-10-12-20(13-11-19)27-14-16-28(17-15-27)23(29)22-9-5-4-8-21(22)18-6-2-1-3-7-18/h1-13H,14-17H2,(H3,25,26,30). The van der Waals surface area contributed by atoms with E-state index in [-0.39, 0.29) is 11.0 Å². The van der Waals surface area contributed by atoms with Crippen LogP contribution in [-0.4, -0.2) is 42.1 Å². The first kappa shape index (κ1) is 19.9. The van der Waals surface area contributed by atoms with E-state index < -0.39 is 0 Å². The maximum absolute atomic E-state index is 13.3. The van der Waals surface area contributed by atoms with E-state index in [9.17, 15) is 4.79 Å². The van der Waals surface area contributed by atoms with Crippen LogP contribution < -0.4 is 16.0 Å². The molecule has 30 heavy (non-hydrogen) atoms. The normalized spacial score (nSPS) is 13.7. The molecule has 0 radical (unpaired) electrons. The summed E-state index contributed by atoms with van der Waals surface area (Å²) in [5.41, 5.74) is 10.3. The molecule has 3 aromatic rings. The number of hydrogen-bond acceptors (Lipinski definition) is 3. The number of benzene rings is 3. The second-order valence-electron chi connectivity index (χ2n) is 7.23. The number of rotatable bonds is 4. The number of carbonyl (C=O) groups is 1. The molecular formula is C24H24N4OS. The molecule has 0 aromatic heterocycles. The highest BCUT2D eigenvalue weighted by molar-refractivity contribution is 7.80. The van der Waals surface area contributed by atoms with E-state index in [1.54, 1.807) is 0 Å². The zero-order valence-electron chi connectivity index (χ0n) is 16.6. The van der Waals surface area contributed by atoms with Crippen LogP contribution in [0.4, 0.5) is 11.4 Å². The highest BCUT2D eigenvalue weighted by Crippen LogP contribution is 2.26. The first-order valence-electron chi connectivity index (χ1n) is 9.97. The summed E-state index contributed by atoms with van der Waals surface area (Å²) < 4.78 is 0. The van der Waals surface area contributed by atoms with Crippen molar-refractivity contribution in [1.82, 2.24) is 4.90 Å². The average Bonchev–Trinajstić information content (AvgIpc) is 2.79.